The fraction of sp³-hybridized carbons (Fsp3) is 0.533. The molecule has 1 saturated heterocycles. The molecule has 2 fully saturated rings. The van der Waals surface area contributed by atoms with Gasteiger partial charge in [0.15, 0.2) is 5.96 Å². The number of nitrogens with one attached hydrogen (secondary N) is 1. The summed E-state index contributed by atoms with van der Waals surface area (Å²) in [6.07, 6.45) is 6.46. The molecular formula is C15H21N3. The van der Waals surface area contributed by atoms with E-state index in [9.17, 15) is 0 Å². The predicted octanol–water partition coefficient (Wildman–Crippen LogP) is 3.10. The molecule has 1 aliphatic carbocycles. The van der Waals surface area contributed by atoms with Gasteiger partial charge in [0.25, 0.3) is 0 Å². The highest BCUT2D eigenvalue weighted by atomic mass is 15.3. The number of para-hydroxylation sites is 1. The lowest BCUT2D eigenvalue weighted by Crippen LogP contribution is -2.40. The summed E-state index contributed by atoms with van der Waals surface area (Å²) in [5, 5.41) is 3.50. The van der Waals surface area contributed by atoms with Crippen molar-refractivity contribution in [2.75, 3.05) is 18.4 Å². The van der Waals surface area contributed by atoms with E-state index in [4.69, 9.17) is 4.99 Å². The van der Waals surface area contributed by atoms with Crippen molar-refractivity contribution >= 4 is 11.6 Å². The molecule has 18 heavy (non-hydrogen) atoms. The van der Waals surface area contributed by atoms with Crippen LogP contribution in [0.15, 0.2) is 35.3 Å². The van der Waals surface area contributed by atoms with Gasteiger partial charge in [-0.2, -0.15) is 0 Å². The van der Waals surface area contributed by atoms with Crippen molar-refractivity contribution < 1.29 is 0 Å². The molecule has 1 aromatic carbocycles. The third-order valence-corrected chi connectivity index (χ3v) is 3.54. The Bertz CT molecular complexity index is 403. The lowest BCUT2D eigenvalue weighted by atomic mass is 10.1. The van der Waals surface area contributed by atoms with Crippen LogP contribution in [0.5, 0.6) is 0 Å². The first-order valence-corrected chi connectivity index (χ1v) is 7.07. The van der Waals surface area contributed by atoms with Crippen LogP contribution in [0, 0.1) is 0 Å². The Kier molecular flexibility index (Phi) is 3.49. The highest BCUT2D eigenvalue weighted by Crippen LogP contribution is 2.25. The monoisotopic (exact) mass is 243 g/mol. The molecule has 3 heteroatoms. The fourth-order valence-corrected chi connectivity index (χ4v) is 2.33. The number of piperidine rings is 1. The van der Waals surface area contributed by atoms with Crippen LogP contribution in [-0.4, -0.2) is 30.0 Å². The van der Waals surface area contributed by atoms with Crippen molar-refractivity contribution in [3.8, 4) is 0 Å². The number of hydrogen-bond acceptors (Lipinski definition) is 1. The average Bonchev–Trinajstić information content (AvgIpc) is 3.24. The zero-order chi connectivity index (χ0) is 12.2. The van der Waals surface area contributed by atoms with Gasteiger partial charge >= 0.3 is 0 Å². The predicted molar refractivity (Wildman–Crippen MR) is 75.9 cm³/mol. The molecular weight excluding hydrogens is 222 g/mol. The van der Waals surface area contributed by atoms with E-state index in [1.165, 1.54) is 32.1 Å². The maximum absolute atomic E-state index is 4.84. The number of guanidine groups is 1. The van der Waals surface area contributed by atoms with Gasteiger partial charge in [0, 0.05) is 18.8 Å². The third-order valence-electron chi connectivity index (χ3n) is 3.54. The average molecular weight is 243 g/mol. The molecule has 1 saturated carbocycles. The maximum atomic E-state index is 4.84. The summed E-state index contributed by atoms with van der Waals surface area (Å²) in [6.45, 7) is 2.29. The topological polar surface area (TPSA) is 27.6 Å². The molecule has 0 bridgehead atoms. The van der Waals surface area contributed by atoms with Crippen LogP contribution < -0.4 is 5.32 Å². The highest BCUT2D eigenvalue weighted by Gasteiger charge is 2.23. The summed E-state index contributed by atoms with van der Waals surface area (Å²) in [4.78, 5) is 7.25. The number of rotatable bonds is 2. The molecule has 0 amide bonds. The minimum absolute atomic E-state index is 0.568. The number of likely N-dealkylation sites (tertiary alicyclic amines) is 1. The van der Waals surface area contributed by atoms with E-state index in [2.05, 4.69) is 34.5 Å². The van der Waals surface area contributed by atoms with Gasteiger partial charge in [-0.25, -0.2) is 4.99 Å². The normalized spacial score (nSPS) is 20.9. The van der Waals surface area contributed by atoms with Gasteiger partial charge in [0.1, 0.15) is 0 Å². The second-order valence-corrected chi connectivity index (χ2v) is 5.22. The lowest BCUT2D eigenvalue weighted by Gasteiger charge is -2.30. The quantitative estimate of drug-likeness (QED) is 0.638. The molecule has 0 radical (unpaired) electrons. The van der Waals surface area contributed by atoms with Crippen LogP contribution >= 0.6 is 0 Å². The largest absolute Gasteiger partial charge is 0.343 e. The molecule has 3 nitrogen and oxygen atoms in total. The van der Waals surface area contributed by atoms with E-state index >= 15 is 0 Å². The van der Waals surface area contributed by atoms with Gasteiger partial charge < -0.3 is 10.2 Å². The molecule has 1 N–H and O–H groups in total. The SMILES string of the molecule is c1ccc(NC(=NC2CC2)N2CCCCC2)cc1. The number of nitrogens with zero attached hydrogens (tertiary/aromatic N) is 2. The third kappa shape index (κ3) is 3.03. The summed E-state index contributed by atoms with van der Waals surface area (Å²) < 4.78 is 0. The van der Waals surface area contributed by atoms with Crippen LogP contribution in [0.1, 0.15) is 32.1 Å². The van der Waals surface area contributed by atoms with Crippen LogP contribution in [0.2, 0.25) is 0 Å². The molecule has 0 atom stereocenters. The van der Waals surface area contributed by atoms with E-state index in [-0.39, 0.29) is 0 Å². The minimum Gasteiger partial charge on any atom is -0.343 e. The van der Waals surface area contributed by atoms with Gasteiger partial charge in [-0.05, 0) is 44.2 Å². The van der Waals surface area contributed by atoms with E-state index in [0.717, 1.165) is 24.7 Å². The standard InChI is InChI=1S/C15H21N3/c1-3-7-13(8-4-1)16-15(17-14-9-10-14)18-11-5-2-6-12-18/h1,3-4,7-8,14H,2,5-6,9-12H2,(H,16,17). The van der Waals surface area contributed by atoms with Crippen molar-refractivity contribution in [2.24, 2.45) is 4.99 Å². The first-order chi connectivity index (χ1) is 8.92. The van der Waals surface area contributed by atoms with E-state index in [1.807, 2.05) is 6.07 Å². The van der Waals surface area contributed by atoms with E-state index in [0.29, 0.717) is 6.04 Å². The Hall–Kier alpha value is -1.51. The fourth-order valence-electron chi connectivity index (χ4n) is 2.33. The first-order valence-electron chi connectivity index (χ1n) is 7.07. The van der Waals surface area contributed by atoms with Gasteiger partial charge in [0.05, 0.1) is 6.04 Å². The number of aliphatic imine (C=N–C) groups is 1. The van der Waals surface area contributed by atoms with E-state index in [1.54, 1.807) is 0 Å². The molecule has 0 unspecified atom stereocenters. The minimum atomic E-state index is 0.568. The van der Waals surface area contributed by atoms with Crippen LogP contribution in [-0.2, 0) is 0 Å². The first kappa shape index (κ1) is 11.6. The molecule has 1 heterocycles. The highest BCUT2D eigenvalue weighted by molar-refractivity contribution is 5.93. The maximum Gasteiger partial charge on any atom is 0.198 e. The Morgan fingerprint density at radius 3 is 2.44 bits per heavy atom. The Balaban J connectivity index is 1.73. The Morgan fingerprint density at radius 1 is 1.06 bits per heavy atom. The summed E-state index contributed by atoms with van der Waals surface area (Å²) in [7, 11) is 0. The summed E-state index contributed by atoms with van der Waals surface area (Å²) in [5.41, 5.74) is 1.14. The van der Waals surface area contributed by atoms with Crippen molar-refractivity contribution in [2.45, 2.75) is 38.1 Å². The number of anilines is 1. The van der Waals surface area contributed by atoms with Crippen molar-refractivity contribution in [3.05, 3.63) is 30.3 Å². The zero-order valence-electron chi connectivity index (χ0n) is 10.8. The summed E-state index contributed by atoms with van der Waals surface area (Å²) in [5.74, 6) is 1.09. The van der Waals surface area contributed by atoms with Crippen LogP contribution in [0.3, 0.4) is 0 Å². The van der Waals surface area contributed by atoms with Crippen LogP contribution in [0.25, 0.3) is 0 Å². The van der Waals surface area contributed by atoms with Crippen LogP contribution in [0.4, 0.5) is 5.69 Å². The molecule has 2 aliphatic rings. The van der Waals surface area contributed by atoms with E-state index < -0.39 is 0 Å². The Morgan fingerprint density at radius 2 is 1.78 bits per heavy atom. The second-order valence-electron chi connectivity index (χ2n) is 5.22. The van der Waals surface area contributed by atoms with Crippen molar-refractivity contribution in [1.29, 1.82) is 0 Å². The number of benzene rings is 1. The van der Waals surface area contributed by atoms with Gasteiger partial charge in [-0.3, -0.25) is 0 Å². The zero-order valence-corrected chi connectivity index (χ0v) is 10.8. The van der Waals surface area contributed by atoms with Crippen molar-refractivity contribution in [3.63, 3.8) is 0 Å². The van der Waals surface area contributed by atoms with Gasteiger partial charge in [-0.1, -0.05) is 18.2 Å². The second kappa shape index (κ2) is 5.42. The molecule has 3 rings (SSSR count). The lowest BCUT2D eigenvalue weighted by molar-refractivity contribution is 0.340. The Labute approximate surface area is 109 Å². The molecule has 0 aromatic heterocycles. The summed E-state index contributed by atoms with van der Waals surface area (Å²) in [6, 6.07) is 10.9. The van der Waals surface area contributed by atoms with Gasteiger partial charge in [0.2, 0.25) is 0 Å². The molecule has 0 spiro atoms. The summed E-state index contributed by atoms with van der Waals surface area (Å²) >= 11 is 0. The molecule has 1 aliphatic heterocycles. The van der Waals surface area contributed by atoms with Gasteiger partial charge in [-0.15, -0.1) is 0 Å². The smallest absolute Gasteiger partial charge is 0.198 e. The number of hydrogen-bond donors (Lipinski definition) is 1. The molecule has 1 aromatic rings. The molecule has 96 valence electrons. The van der Waals surface area contributed by atoms with Crippen molar-refractivity contribution in [1.82, 2.24) is 4.90 Å².